The van der Waals surface area contributed by atoms with Crippen LogP contribution in [0.3, 0.4) is 0 Å². The zero-order chi connectivity index (χ0) is 44.2. The molecule has 1 aliphatic rings. The van der Waals surface area contributed by atoms with Crippen LogP contribution in [0.2, 0.25) is 0 Å². The van der Waals surface area contributed by atoms with Crippen molar-refractivity contribution in [3.63, 3.8) is 0 Å². The monoisotopic (exact) mass is 838 g/mol. The van der Waals surface area contributed by atoms with E-state index in [1.165, 1.54) is 11.1 Å². The van der Waals surface area contributed by atoms with Gasteiger partial charge in [-0.1, -0.05) is 102 Å². The Kier molecular flexibility index (Phi) is 10.0. The van der Waals surface area contributed by atoms with E-state index in [0.29, 0.717) is 0 Å². The van der Waals surface area contributed by atoms with Gasteiger partial charge in [0.15, 0.2) is 0 Å². The van der Waals surface area contributed by atoms with Crippen LogP contribution in [-0.2, 0) is 10.8 Å². The van der Waals surface area contributed by atoms with Crippen LogP contribution < -0.4 is 4.74 Å². The van der Waals surface area contributed by atoms with Crippen LogP contribution >= 0.6 is 0 Å². The summed E-state index contributed by atoms with van der Waals surface area (Å²) in [6.07, 6.45) is 4.16. The molecule has 0 atom stereocenters. The summed E-state index contributed by atoms with van der Waals surface area (Å²) in [5, 5.41) is 8.97. The molecule has 64 heavy (non-hydrogen) atoms. The van der Waals surface area contributed by atoms with Crippen molar-refractivity contribution in [3.8, 4) is 39.1 Å². The third-order valence-corrected chi connectivity index (χ3v) is 12.0. The summed E-state index contributed by atoms with van der Waals surface area (Å²) in [7, 11) is 1.65. The summed E-state index contributed by atoms with van der Waals surface area (Å²) in [6, 6.07) is 50.3. The lowest BCUT2D eigenvalue weighted by Gasteiger charge is -2.19. The van der Waals surface area contributed by atoms with Crippen molar-refractivity contribution in [2.75, 3.05) is 7.11 Å². The van der Waals surface area contributed by atoms with E-state index >= 15 is 0 Å². The van der Waals surface area contributed by atoms with Crippen LogP contribution in [0.1, 0.15) is 64.1 Å². The number of hydrogen-bond donors (Lipinski definition) is 3. The third-order valence-electron chi connectivity index (χ3n) is 12.0. The zero-order valence-corrected chi connectivity index (χ0v) is 37.2. The molecule has 10 bridgehead atoms. The Morgan fingerprint density at radius 3 is 1.30 bits per heavy atom. The van der Waals surface area contributed by atoms with E-state index in [1.807, 2.05) is 36.4 Å². The summed E-state index contributed by atoms with van der Waals surface area (Å²) >= 11 is 0. The number of azo groups is 1. The number of aromatic nitrogens is 4. The van der Waals surface area contributed by atoms with Crippen molar-refractivity contribution in [2.24, 2.45) is 10.2 Å². The standard InChI is InChI=1S/C56H50N6O2/c1-55(2,3)37-14-8-35(9-15-37)53-48-30-26-44(59-48)42-24-28-46(57-42)52(34-12-18-39(19-13-34)61-62-40-20-22-41(63-7)23-21-40)47-29-25-43(58-47)45-27-31-49(60-45)54(51-33-32-50(53)64-51)36-10-16-38(17-11-36)56(4,5)6/h8-33,57,59-60H,1-7H3. The number of fused-ring (bicyclic) bond motifs is 12. The molecule has 4 aromatic carbocycles. The summed E-state index contributed by atoms with van der Waals surface area (Å²) in [6.45, 7) is 13.4. The second-order valence-electron chi connectivity index (χ2n) is 18.5. The minimum absolute atomic E-state index is 0.0170. The van der Waals surface area contributed by atoms with E-state index < -0.39 is 0 Å². The van der Waals surface area contributed by atoms with Gasteiger partial charge in [0.05, 0.1) is 57.5 Å². The van der Waals surface area contributed by atoms with Gasteiger partial charge in [-0.2, -0.15) is 10.2 Å². The number of furan rings is 1. The Morgan fingerprint density at radius 1 is 0.422 bits per heavy atom. The SMILES string of the molecule is COc1ccc(N=Nc2ccc(-c3c4nc(c5ccc([nH]5)c(-c5ccc(C(C)(C)C)cc5)c5ccc(o5)c(-c5ccc(C(C)(C)C)cc5)c5ccc([nH]5)c5ccc3[nH]5)C=C4)cc2)cc1. The highest BCUT2D eigenvalue weighted by Crippen LogP contribution is 2.38. The number of benzene rings is 4. The van der Waals surface area contributed by atoms with Gasteiger partial charge in [0, 0.05) is 22.2 Å². The maximum Gasteiger partial charge on any atom is 0.137 e. The average molecular weight is 839 g/mol. The van der Waals surface area contributed by atoms with Crippen molar-refractivity contribution >= 4 is 67.8 Å². The molecule has 0 unspecified atom stereocenters. The fourth-order valence-corrected chi connectivity index (χ4v) is 8.38. The van der Waals surface area contributed by atoms with Crippen molar-refractivity contribution in [1.82, 2.24) is 19.9 Å². The largest absolute Gasteiger partial charge is 0.497 e. The van der Waals surface area contributed by atoms with E-state index in [-0.39, 0.29) is 10.8 Å². The molecular weight excluding hydrogens is 789 g/mol. The topological polar surface area (TPSA) is 107 Å². The fraction of sp³-hybridized carbons (Fsp3) is 0.161. The maximum absolute atomic E-state index is 7.01. The number of methoxy groups -OCH3 is 1. The number of aromatic amines is 3. The van der Waals surface area contributed by atoms with Gasteiger partial charge in [-0.25, -0.2) is 4.98 Å². The minimum atomic E-state index is 0.0170. The molecule has 0 saturated heterocycles. The minimum Gasteiger partial charge on any atom is -0.497 e. The molecule has 8 nitrogen and oxygen atoms in total. The van der Waals surface area contributed by atoms with Crippen molar-refractivity contribution in [3.05, 3.63) is 168 Å². The molecule has 0 amide bonds. The average Bonchev–Trinajstić information content (AvgIpc) is 4.16. The van der Waals surface area contributed by atoms with Crippen molar-refractivity contribution in [1.29, 1.82) is 0 Å². The van der Waals surface area contributed by atoms with E-state index in [1.54, 1.807) is 7.11 Å². The van der Waals surface area contributed by atoms with Crippen molar-refractivity contribution < 1.29 is 9.15 Å². The number of nitrogens with zero attached hydrogens (tertiary/aromatic N) is 3. The van der Waals surface area contributed by atoms with Crippen molar-refractivity contribution in [2.45, 2.75) is 52.4 Å². The molecular formula is C56H50N6O2. The first-order chi connectivity index (χ1) is 30.9. The highest BCUT2D eigenvalue weighted by atomic mass is 16.5. The lowest BCUT2D eigenvalue weighted by Crippen LogP contribution is -2.10. The predicted molar refractivity (Wildman–Crippen MR) is 265 cm³/mol. The lowest BCUT2D eigenvalue weighted by molar-refractivity contribution is 0.415. The summed E-state index contributed by atoms with van der Waals surface area (Å²) in [5.41, 5.74) is 18.9. The summed E-state index contributed by atoms with van der Waals surface area (Å²) in [5.74, 6) is 0.775. The van der Waals surface area contributed by atoms with Gasteiger partial charge in [0.1, 0.15) is 16.9 Å². The Morgan fingerprint density at radius 2 is 0.812 bits per heavy atom. The third kappa shape index (κ3) is 7.83. The predicted octanol–water partition coefficient (Wildman–Crippen LogP) is 16.0. The molecule has 6 heterocycles. The van der Waals surface area contributed by atoms with E-state index in [0.717, 1.165) is 106 Å². The molecule has 8 heteroatoms. The molecule has 3 N–H and O–H groups in total. The fourth-order valence-electron chi connectivity index (χ4n) is 8.38. The first-order valence-electron chi connectivity index (χ1n) is 21.7. The molecule has 316 valence electrons. The first kappa shape index (κ1) is 40.4. The van der Waals surface area contributed by atoms with Gasteiger partial charge in [-0.05, 0) is 136 Å². The zero-order valence-electron chi connectivity index (χ0n) is 37.2. The number of ether oxygens (including phenoxy) is 1. The maximum atomic E-state index is 7.01. The van der Waals surface area contributed by atoms with Gasteiger partial charge in [-0.15, -0.1) is 0 Å². The smallest absolute Gasteiger partial charge is 0.137 e. The first-order valence-corrected chi connectivity index (χ1v) is 21.7. The second-order valence-corrected chi connectivity index (χ2v) is 18.5. The normalized spacial score (nSPS) is 12.5. The van der Waals surface area contributed by atoms with Gasteiger partial charge in [0.25, 0.3) is 0 Å². The number of rotatable bonds is 6. The Bertz CT molecular complexity index is 3400. The van der Waals surface area contributed by atoms with Crippen LogP contribution in [0.15, 0.2) is 160 Å². The number of H-pyrrole nitrogens is 3. The Balaban J connectivity index is 1.21. The molecule has 0 spiro atoms. The van der Waals surface area contributed by atoms with Gasteiger partial charge in [-0.3, -0.25) is 0 Å². The lowest BCUT2D eigenvalue weighted by atomic mass is 9.86. The number of hydrogen-bond acceptors (Lipinski definition) is 5. The molecule has 1 aliphatic heterocycles. The molecule has 0 radical (unpaired) electrons. The summed E-state index contributed by atoms with van der Waals surface area (Å²) < 4.78 is 12.3. The van der Waals surface area contributed by atoms with E-state index in [9.17, 15) is 0 Å². The molecule has 5 aromatic heterocycles. The molecule has 0 aliphatic carbocycles. The highest BCUT2D eigenvalue weighted by molar-refractivity contribution is 5.99. The van der Waals surface area contributed by atoms with Crippen LogP contribution in [0.4, 0.5) is 11.4 Å². The second kappa shape index (κ2) is 15.9. The highest BCUT2D eigenvalue weighted by Gasteiger charge is 2.19. The molecule has 0 fully saturated rings. The van der Waals surface area contributed by atoms with Gasteiger partial charge >= 0.3 is 0 Å². The quantitative estimate of drug-likeness (QED) is 0.145. The van der Waals surface area contributed by atoms with Crippen LogP contribution in [-0.4, -0.2) is 27.0 Å². The van der Waals surface area contributed by atoms with Crippen LogP contribution in [0.25, 0.3) is 89.8 Å². The van der Waals surface area contributed by atoms with Crippen LogP contribution in [0, 0.1) is 0 Å². The van der Waals surface area contributed by atoms with Crippen LogP contribution in [0.5, 0.6) is 5.75 Å². The molecule has 0 saturated carbocycles. The van der Waals surface area contributed by atoms with Gasteiger partial charge < -0.3 is 24.1 Å². The molecule has 10 rings (SSSR count). The van der Waals surface area contributed by atoms with E-state index in [4.69, 9.17) is 14.1 Å². The van der Waals surface area contributed by atoms with Gasteiger partial charge in [0.2, 0.25) is 0 Å². The Labute approximate surface area is 372 Å². The summed E-state index contributed by atoms with van der Waals surface area (Å²) in [4.78, 5) is 16.5. The van der Waals surface area contributed by atoms with E-state index in [2.05, 4.69) is 188 Å². The molecule has 9 aromatic rings. The Hall–Kier alpha value is -7.71. The number of nitrogens with one attached hydrogen (secondary N) is 3.